The van der Waals surface area contributed by atoms with E-state index in [0.717, 1.165) is 4.68 Å². The fourth-order valence-corrected chi connectivity index (χ4v) is 1.17. The Labute approximate surface area is 84.6 Å². The van der Waals surface area contributed by atoms with E-state index in [1.165, 1.54) is 6.92 Å². The van der Waals surface area contributed by atoms with Crippen LogP contribution in [0.3, 0.4) is 0 Å². The number of hydrogen-bond donors (Lipinski definition) is 1. The highest BCUT2D eigenvalue weighted by Crippen LogP contribution is 1.81. The molecule has 0 atom stereocenters. The Morgan fingerprint density at radius 2 is 2.07 bits per heavy atom. The van der Waals surface area contributed by atoms with E-state index in [9.17, 15) is 14.4 Å². The quantitative estimate of drug-likeness (QED) is 0.681. The lowest BCUT2D eigenvalue weighted by Crippen LogP contribution is -2.43. The number of carboxylic acid groups (broad SMARTS) is 1. The van der Waals surface area contributed by atoms with Gasteiger partial charge in [-0.15, -0.1) is 0 Å². The van der Waals surface area contributed by atoms with Crippen LogP contribution in [0.25, 0.3) is 0 Å². The van der Waals surface area contributed by atoms with Crippen LogP contribution in [0, 0.1) is 6.92 Å². The van der Waals surface area contributed by atoms with Crippen molar-refractivity contribution in [3.05, 3.63) is 26.5 Å². The van der Waals surface area contributed by atoms with Crippen molar-refractivity contribution in [2.45, 2.75) is 26.9 Å². The molecule has 0 aliphatic carbocycles. The van der Waals surface area contributed by atoms with Gasteiger partial charge in [0.1, 0.15) is 12.2 Å². The van der Waals surface area contributed by atoms with Gasteiger partial charge in [0.25, 0.3) is 5.56 Å². The molecule has 0 amide bonds. The van der Waals surface area contributed by atoms with Crippen LogP contribution in [0.1, 0.15) is 12.6 Å². The van der Waals surface area contributed by atoms with Crippen molar-refractivity contribution in [2.75, 3.05) is 0 Å². The topological polar surface area (TPSA) is 94.2 Å². The van der Waals surface area contributed by atoms with Gasteiger partial charge in [0.2, 0.25) is 0 Å². The monoisotopic (exact) mass is 213 g/mol. The number of carbonyl (C=O) groups is 1. The van der Waals surface area contributed by atoms with Gasteiger partial charge < -0.3 is 5.11 Å². The van der Waals surface area contributed by atoms with Gasteiger partial charge in [-0.1, -0.05) is 0 Å². The van der Waals surface area contributed by atoms with Gasteiger partial charge in [0.05, 0.1) is 0 Å². The highest BCUT2D eigenvalue weighted by atomic mass is 16.4. The summed E-state index contributed by atoms with van der Waals surface area (Å²) in [7, 11) is 0. The first-order chi connectivity index (χ1) is 6.97. The molecule has 1 N–H and O–H groups in total. The molecule has 0 aromatic carbocycles. The first-order valence-corrected chi connectivity index (χ1v) is 4.37. The van der Waals surface area contributed by atoms with Gasteiger partial charge in [-0.25, -0.2) is 14.0 Å². The van der Waals surface area contributed by atoms with Crippen molar-refractivity contribution < 1.29 is 9.90 Å². The van der Waals surface area contributed by atoms with E-state index in [1.807, 2.05) is 0 Å². The normalized spacial score (nSPS) is 10.3. The van der Waals surface area contributed by atoms with Gasteiger partial charge in [0, 0.05) is 6.54 Å². The molecule has 7 nitrogen and oxygen atoms in total. The molecule has 1 aromatic heterocycles. The summed E-state index contributed by atoms with van der Waals surface area (Å²) < 4.78 is 1.72. The smallest absolute Gasteiger partial charge is 0.347 e. The highest BCUT2D eigenvalue weighted by Gasteiger charge is 2.11. The Balaban J connectivity index is 3.48. The predicted molar refractivity (Wildman–Crippen MR) is 50.8 cm³/mol. The summed E-state index contributed by atoms with van der Waals surface area (Å²) in [5.41, 5.74) is -1.25. The molecule has 0 aliphatic rings. The van der Waals surface area contributed by atoms with Gasteiger partial charge >= 0.3 is 11.7 Å². The molecule has 7 heteroatoms. The van der Waals surface area contributed by atoms with Crippen LogP contribution in [0.2, 0.25) is 0 Å². The number of carboxylic acids is 1. The molecular weight excluding hydrogens is 202 g/mol. The van der Waals surface area contributed by atoms with Crippen LogP contribution in [-0.4, -0.2) is 25.4 Å². The molecule has 82 valence electrons. The van der Waals surface area contributed by atoms with Crippen molar-refractivity contribution in [1.29, 1.82) is 0 Å². The maximum atomic E-state index is 11.5. The lowest BCUT2D eigenvalue weighted by molar-refractivity contribution is -0.137. The first-order valence-electron chi connectivity index (χ1n) is 4.37. The zero-order valence-electron chi connectivity index (χ0n) is 8.43. The Bertz CT molecular complexity index is 500. The van der Waals surface area contributed by atoms with Crippen LogP contribution in [-0.2, 0) is 17.9 Å². The molecule has 0 aliphatic heterocycles. The van der Waals surface area contributed by atoms with Gasteiger partial charge in [0.15, 0.2) is 0 Å². The molecule has 0 fully saturated rings. The number of hydrogen-bond acceptors (Lipinski definition) is 4. The fraction of sp³-hybridized carbons (Fsp3) is 0.500. The largest absolute Gasteiger partial charge is 0.480 e. The number of aliphatic carboxylic acids is 1. The number of aromatic nitrogens is 3. The Morgan fingerprint density at radius 1 is 1.47 bits per heavy atom. The zero-order chi connectivity index (χ0) is 11.6. The molecule has 1 rings (SSSR count). The standard InChI is InChI=1S/C8H11N3O4/c1-3-11-8(15)10(4-6(12)13)7(14)5(2)9-11/h3-4H2,1-2H3,(H,12,13). The van der Waals surface area contributed by atoms with Crippen molar-refractivity contribution in [2.24, 2.45) is 0 Å². The van der Waals surface area contributed by atoms with E-state index in [4.69, 9.17) is 5.11 Å². The molecule has 0 saturated heterocycles. The van der Waals surface area contributed by atoms with Crippen molar-refractivity contribution >= 4 is 5.97 Å². The second-order valence-electron chi connectivity index (χ2n) is 2.97. The zero-order valence-corrected chi connectivity index (χ0v) is 8.43. The average Bonchev–Trinajstić information content (AvgIpc) is 2.18. The Kier molecular flexibility index (Phi) is 3.03. The minimum atomic E-state index is -1.23. The molecule has 1 heterocycles. The van der Waals surface area contributed by atoms with E-state index >= 15 is 0 Å². The summed E-state index contributed by atoms with van der Waals surface area (Å²) in [6.45, 7) is 2.77. The molecule has 0 spiro atoms. The van der Waals surface area contributed by atoms with E-state index in [-0.39, 0.29) is 5.69 Å². The molecular formula is C8H11N3O4. The lowest BCUT2D eigenvalue weighted by atomic mass is 10.5. The molecule has 15 heavy (non-hydrogen) atoms. The minimum Gasteiger partial charge on any atom is -0.480 e. The third-order valence-electron chi connectivity index (χ3n) is 1.87. The fourth-order valence-electron chi connectivity index (χ4n) is 1.17. The summed E-state index contributed by atoms with van der Waals surface area (Å²) in [5, 5.41) is 12.3. The third-order valence-corrected chi connectivity index (χ3v) is 1.87. The molecule has 0 unspecified atom stereocenters. The summed E-state index contributed by atoms with van der Waals surface area (Å²) in [6, 6.07) is 0. The van der Waals surface area contributed by atoms with Crippen LogP contribution >= 0.6 is 0 Å². The predicted octanol–water partition coefficient (Wildman–Crippen LogP) is -1.18. The van der Waals surface area contributed by atoms with Crippen LogP contribution in [0.5, 0.6) is 0 Å². The van der Waals surface area contributed by atoms with Gasteiger partial charge in [-0.05, 0) is 13.8 Å². The highest BCUT2D eigenvalue weighted by molar-refractivity contribution is 5.66. The summed E-state index contributed by atoms with van der Waals surface area (Å²) in [6.07, 6.45) is 0. The van der Waals surface area contributed by atoms with E-state index in [1.54, 1.807) is 6.92 Å². The molecule has 1 aromatic rings. The van der Waals surface area contributed by atoms with Crippen LogP contribution in [0.15, 0.2) is 9.59 Å². The van der Waals surface area contributed by atoms with Crippen LogP contribution in [0.4, 0.5) is 0 Å². The summed E-state index contributed by atoms with van der Waals surface area (Å²) >= 11 is 0. The maximum Gasteiger partial charge on any atom is 0.347 e. The lowest BCUT2D eigenvalue weighted by Gasteiger charge is -2.06. The van der Waals surface area contributed by atoms with Crippen molar-refractivity contribution in [1.82, 2.24) is 14.3 Å². The van der Waals surface area contributed by atoms with E-state index in [2.05, 4.69) is 5.10 Å². The maximum absolute atomic E-state index is 11.5. The van der Waals surface area contributed by atoms with E-state index in [0.29, 0.717) is 11.1 Å². The number of rotatable bonds is 3. The first kappa shape index (κ1) is 11.2. The van der Waals surface area contributed by atoms with Crippen LogP contribution < -0.4 is 11.2 Å². The average molecular weight is 213 g/mol. The molecule has 0 saturated carbocycles. The summed E-state index contributed by atoms with van der Waals surface area (Å²) in [5.74, 6) is -1.23. The number of nitrogens with zero attached hydrogens (tertiary/aromatic N) is 3. The second-order valence-corrected chi connectivity index (χ2v) is 2.97. The second kappa shape index (κ2) is 4.07. The van der Waals surface area contributed by atoms with E-state index < -0.39 is 23.8 Å². The third kappa shape index (κ3) is 2.12. The summed E-state index contributed by atoms with van der Waals surface area (Å²) in [4.78, 5) is 33.4. The molecule has 0 radical (unpaired) electrons. The minimum absolute atomic E-state index is 0.109. The van der Waals surface area contributed by atoms with Gasteiger partial charge in [-0.2, -0.15) is 5.10 Å². The van der Waals surface area contributed by atoms with Crippen molar-refractivity contribution in [3.63, 3.8) is 0 Å². The van der Waals surface area contributed by atoms with Crippen molar-refractivity contribution in [3.8, 4) is 0 Å². The Hall–Kier alpha value is -1.92. The Morgan fingerprint density at radius 3 is 2.53 bits per heavy atom. The number of aryl methyl sites for hydroxylation is 2. The molecule has 0 bridgehead atoms. The van der Waals surface area contributed by atoms with Gasteiger partial charge in [-0.3, -0.25) is 9.59 Å². The SMILES string of the molecule is CCn1nc(C)c(=O)n(CC(=O)O)c1=O.